The topological polar surface area (TPSA) is 25.2 Å². The number of furan rings is 1. The van der Waals surface area contributed by atoms with Gasteiger partial charge in [0.15, 0.2) is 0 Å². The zero-order valence-electron chi connectivity index (χ0n) is 11.5. The van der Waals surface area contributed by atoms with E-state index in [1.165, 1.54) is 18.6 Å². The summed E-state index contributed by atoms with van der Waals surface area (Å²) in [6.07, 6.45) is 2.51. The van der Waals surface area contributed by atoms with Crippen molar-refractivity contribution in [3.05, 3.63) is 23.7 Å². The van der Waals surface area contributed by atoms with Gasteiger partial charge in [0, 0.05) is 12.0 Å². The van der Waals surface area contributed by atoms with E-state index in [1.807, 2.05) is 0 Å². The Morgan fingerprint density at radius 2 is 2.12 bits per heavy atom. The maximum Gasteiger partial charge on any atom is 0.117 e. The lowest BCUT2D eigenvalue weighted by atomic mass is 10.0. The van der Waals surface area contributed by atoms with Crippen LogP contribution in [0.4, 0.5) is 0 Å². The van der Waals surface area contributed by atoms with Crippen LogP contribution in [-0.2, 0) is 6.54 Å². The fraction of sp³-hybridized carbons (Fsp3) is 0.733. The molecule has 17 heavy (non-hydrogen) atoms. The molecule has 96 valence electrons. The van der Waals surface area contributed by atoms with Crippen LogP contribution >= 0.6 is 0 Å². The molecule has 1 aliphatic carbocycles. The molecule has 0 saturated heterocycles. The summed E-state index contributed by atoms with van der Waals surface area (Å²) < 4.78 is 5.88. The summed E-state index contributed by atoms with van der Waals surface area (Å²) in [5.74, 6) is 4.49. The van der Waals surface area contributed by atoms with Crippen molar-refractivity contribution in [2.75, 3.05) is 0 Å². The van der Waals surface area contributed by atoms with Gasteiger partial charge in [-0.05, 0) is 37.3 Å². The molecular weight excluding hydrogens is 210 g/mol. The van der Waals surface area contributed by atoms with Gasteiger partial charge in [0.2, 0.25) is 0 Å². The normalized spacial score (nSPS) is 26.8. The van der Waals surface area contributed by atoms with Crippen molar-refractivity contribution < 1.29 is 4.42 Å². The largest absolute Gasteiger partial charge is 0.464 e. The Morgan fingerprint density at radius 3 is 2.71 bits per heavy atom. The van der Waals surface area contributed by atoms with E-state index < -0.39 is 0 Å². The summed E-state index contributed by atoms with van der Waals surface area (Å²) >= 11 is 0. The Labute approximate surface area is 105 Å². The summed E-state index contributed by atoms with van der Waals surface area (Å²) in [6, 6.07) is 4.82. The standard InChI is InChI=1S/C15H25NO/c1-5-10(2)12(4)16-9-13-6-7-15(17-13)14-8-11(14)3/h6-7,10-12,14,16H,5,8-9H2,1-4H3. The van der Waals surface area contributed by atoms with Crippen LogP contribution in [-0.4, -0.2) is 6.04 Å². The monoisotopic (exact) mass is 235 g/mol. The summed E-state index contributed by atoms with van der Waals surface area (Å²) in [6.45, 7) is 9.92. The van der Waals surface area contributed by atoms with Crippen LogP contribution in [0.3, 0.4) is 0 Å². The third-order valence-electron chi connectivity index (χ3n) is 4.25. The lowest BCUT2D eigenvalue weighted by Crippen LogP contribution is -2.31. The molecule has 0 bridgehead atoms. The first kappa shape index (κ1) is 12.7. The lowest BCUT2D eigenvalue weighted by molar-refractivity contribution is 0.364. The maximum atomic E-state index is 5.88. The predicted octanol–water partition coefficient (Wildman–Crippen LogP) is 3.93. The number of hydrogen-bond donors (Lipinski definition) is 1. The van der Waals surface area contributed by atoms with E-state index in [-0.39, 0.29) is 0 Å². The Morgan fingerprint density at radius 1 is 1.41 bits per heavy atom. The molecule has 0 aromatic carbocycles. The molecule has 2 rings (SSSR count). The molecule has 2 nitrogen and oxygen atoms in total. The quantitative estimate of drug-likeness (QED) is 0.808. The summed E-state index contributed by atoms with van der Waals surface area (Å²) in [7, 11) is 0. The fourth-order valence-corrected chi connectivity index (χ4v) is 2.22. The van der Waals surface area contributed by atoms with Gasteiger partial charge in [0.1, 0.15) is 11.5 Å². The highest BCUT2D eigenvalue weighted by Crippen LogP contribution is 2.47. The minimum atomic E-state index is 0.549. The number of rotatable bonds is 6. The molecule has 1 N–H and O–H groups in total. The first-order valence-corrected chi connectivity index (χ1v) is 6.93. The average Bonchev–Trinajstić information content (AvgIpc) is 2.89. The van der Waals surface area contributed by atoms with Crippen molar-refractivity contribution in [1.82, 2.24) is 5.32 Å². The van der Waals surface area contributed by atoms with E-state index >= 15 is 0 Å². The van der Waals surface area contributed by atoms with Crippen molar-refractivity contribution in [1.29, 1.82) is 0 Å². The molecule has 1 aromatic rings. The zero-order valence-corrected chi connectivity index (χ0v) is 11.5. The van der Waals surface area contributed by atoms with Gasteiger partial charge in [-0.2, -0.15) is 0 Å². The molecule has 0 radical (unpaired) electrons. The molecule has 4 atom stereocenters. The molecular formula is C15H25NO. The van der Waals surface area contributed by atoms with Crippen molar-refractivity contribution in [3.63, 3.8) is 0 Å². The number of hydrogen-bond acceptors (Lipinski definition) is 2. The van der Waals surface area contributed by atoms with Gasteiger partial charge in [0.05, 0.1) is 6.54 Å². The van der Waals surface area contributed by atoms with E-state index in [1.54, 1.807) is 0 Å². The second kappa shape index (κ2) is 5.26. The second-order valence-corrected chi connectivity index (χ2v) is 5.68. The highest BCUT2D eigenvalue weighted by molar-refractivity contribution is 5.17. The Balaban J connectivity index is 1.81. The molecule has 1 aromatic heterocycles. The predicted molar refractivity (Wildman–Crippen MR) is 71.0 cm³/mol. The molecule has 2 heteroatoms. The SMILES string of the molecule is CCC(C)C(C)NCc1ccc(C2CC2C)o1. The van der Waals surface area contributed by atoms with E-state index in [9.17, 15) is 0 Å². The second-order valence-electron chi connectivity index (χ2n) is 5.68. The van der Waals surface area contributed by atoms with Gasteiger partial charge in [-0.1, -0.05) is 27.2 Å². The molecule has 0 spiro atoms. The Bertz CT molecular complexity index is 358. The van der Waals surface area contributed by atoms with Gasteiger partial charge in [0.25, 0.3) is 0 Å². The molecule has 0 aliphatic heterocycles. The lowest BCUT2D eigenvalue weighted by Gasteiger charge is -2.19. The first-order valence-electron chi connectivity index (χ1n) is 6.93. The average molecular weight is 235 g/mol. The molecule has 1 fully saturated rings. The summed E-state index contributed by atoms with van der Waals surface area (Å²) in [4.78, 5) is 0. The van der Waals surface area contributed by atoms with E-state index in [4.69, 9.17) is 4.42 Å². The van der Waals surface area contributed by atoms with Gasteiger partial charge in [-0.15, -0.1) is 0 Å². The molecule has 1 heterocycles. The first-order chi connectivity index (χ1) is 8.11. The van der Waals surface area contributed by atoms with Crippen molar-refractivity contribution >= 4 is 0 Å². The van der Waals surface area contributed by atoms with Gasteiger partial charge in [-0.3, -0.25) is 0 Å². The third-order valence-corrected chi connectivity index (χ3v) is 4.25. The Hall–Kier alpha value is -0.760. The molecule has 1 saturated carbocycles. The van der Waals surface area contributed by atoms with Crippen LogP contribution in [0.15, 0.2) is 16.5 Å². The van der Waals surface area contributed by atoms with E-state index in [2.05, 4.69) is 45.1 Å². The van der Waals surface area contributed by atoms with Crippen LogP contribution in [0.5, 0.6) is 0 Å². The van der Waals surface area contributed by atoms with Crippen molar-refractivity contribution in [2.24, 2.45) is 11.8 Å². The van der Waals surface area contributed by atoms with E-state index in [0.29, 0.717) is 17.9 Å². The highest BCUT2D eigenvalue weighted by atomic mass is 16.3. The third kappa shape index (κ3) is 3.12. The van der Waals surface area contributed by atoms with Crippen LogP contribution < -0.4 is 5.32 Å². The van der Waals surface area contributed by atoms with Gasteiger partial charge < -0.3 is 9.73 Å². The van der Waals surface area contributed by atoms with Crippen LogP contribution in [0.25, 0.3) is 0 Å². The van der Waals surface area contributed by atoms with Crippen LogP contribution in [0.2, 0.25) is 0 Å². The molecule has 4 unspecified atom stereocenters. The smallest absolute Gasteiger partial charge is 0.117 e. The van der Waals surface area contributed by atoms with Crippen LogP contribution in [0.1, 0.15) is 58.0 Å². The molecule has 1 aliphatic rings. The molecule has 0 amide bonds. The van der Waals surface area contributed by atoms with Crippen molar-refractivity contribution in [3.8, 4) is 0 Å². The number of nitrogens with one attached hydrogen (secondary N) is 1. The zero-order chi connectivity index (χ0) is 12.4. The highest BCUT2D eigenvalue weighted by Gasteiger charge is 2.36. The fourth-order valence-electron chi connectivity index (χ4n) is 2.22. The summed E-state index contributed by atoms with van der Waals surface area (Å²) in [5.41, 5.74) is 0. The Kier molecular flexibility index (Phi) is 3.93. The van der Waals surface area contributed by atoms with E-state index in [0.717, 1.165) is 18.2 Å². The summed E-state index contributed by atoms with van der Waals surface area (Å²) in [5, 5.41) is 3.54. The maximum absolute atomic E-state index is 5.88. The minimum absolute atomic E-state index is 0.549. The van der Waals surface area contributed by atoms with Gasteiger partial charge >= 0.3 is 0 Å². The van der Waals surface area contributed by atoms with Crippen molar-refractivity contribution in [2.45, 2.75) is 59.0 Å². The minimum Gasteiger partial charge on any atom is -0.464 e. The van der Waals surface area contributed by atoms with Crippen LogP contribution in [0, 0.1) is 11.8 Å². The van der Waals surface area contributed by atoms with Gasteiger partial charge in [-0.25, -0.2) is 0 Å².